The Hall–Kier alpha value is -4.33. The highest BCUT2D eigenvalue weighted by Gasteiger charge is 2.39. The molecule has 174 valence electrons. The third-order valence-electron chi connectivity index (χ3n) is 6.78. The van der Waals surface area contributed by atoms with Crippen LogP contribution in [0.1, 0.15) is 34.5 Å². The number of rotatable bonds is 3. The number of imide groups is 1. The van der Waals surface area contributed by atoms with Gasteiger partial charge in [0.2, 0.25) is 11.8 Å². The van der Waals surface area contributed by atoms with Gasteiger partial charge in [-0.05, 0) is 55.3 Å². The molecule has 0 radical (unpaired) electrons. The van der Waals surface area contributed by atoms with Crippen LogP contribution in [0.3, 0.4) is 0 Å². The van der Waals surface area contributed by atoms with Gasteiger partial charge < -0.3 is 9.47 Å². The van der Waals surface area contributed by atoms with Crippen molar-refractivity contribution >= 4 is 28.6 Å². The first kappa shape index (κ1) is 21.2. The molecule has 4 heterocycles. The smallest absolute Gasteiger partial charge is 0.255 e. The number of nitrogens with zero attached hydrogens (tertiary/aromatic N) is 4. The van der Waals surface area contributed by atoms with Gasteiger partial charge in [-0.3, -0.25) is 24.7 Å². The zero-order valence-electron chi connectivity index (χ0n) is 19.4. The molecule has 1 saturated heterocycles. The Morgan fingerprint density at radius 1 is 0.971 bits per heavy atom. The van der Waals surface area contributed by atoms with E-state index in [0.29, 0.717) is 18.5 Å². The molecule has 2 aromatic carbocycles. The van der Waals surface area contributed by atoms with Crippen molar-refractivity contribution in [2.45, 2.75) is 32.4 Å². The van der Waals surface area contributed by atoms with Gasteiger partial charge >= 0.3 is 0 Å². The van der Waals surface area contributed by atoms with Crippen LogP contribution in [-0.2, 0) is 23.2 Å². The van der Waals surface area contributed by atoms with Crippen molar-refractivity contribution in [3.63, 3.8) is 0 Å². The van der Waals surface area contributed by atoms with Gasteiger partial charge in [-0.25, -0.2) is 4.98 Å². The minimum absolute atomic E-state index is 0.178. The number of carbonyl (C=O) groups is 3. The molecule has 6 rings (SSSR count). The summed E-state index contributed by atoms with van der Waals surface area (Å²) in [5.74, 6) is -0.0359. The second-order valence-corrected chi connectivity index (χ2v) is 9.19. The minimum atomic E-state index is -0.622. The highest BCUT2D eigenvalue weighted by molar-refractivity contribution is 6.05. The lowest BCUT2D eigenvalue weighted by atomic mass is 10.0. The molecule has 8 heteroatoms. The Balaban J connectivity index is 1.30. The molecule has 4 aromatic rings. The Kier molecular flexibility index (Phi) is 4.77. The van der Waals surface area contributed by atoms with Crippen LogP contribution in [0.2, 0.25) is 0 Å². The molecular formula is C27H23N5O3. The Labute approximate surface area is 201 Å². The molecule has 35 heavy (non-hydrogen) atoms. The molecule has 0 saturated carbocycles. The van der Waals surface area contributed by atoms with Gasteiger partial charge in [0.05, 0.1) is 11.2 Å². The summed E-state index contributed by atoms with van der Waals surface area (Å²) in [5.41, 5.74) is 6.09. The van der Waals surface area contributed by atoms with Crippen molar-refractivity contribution in [2.24, 2.45) is 7.05 Å². The molecule has 1 atom stereocenters. The maximum Gasteiger partial charge on any atom is 0.255 e. The first-order chi connectivity index (χ1) is 16.9. The van der Waals surface area contributed by atoms with Crippen LogP contribution in [0, 0.1) is 6.92 Å². The number of carbonyl (C=O) groups excluding carboxylic acids is 3. The second kappa shape index (κ2) is 7.87. The Morgan fingerprint density at radius 2 is 1.80 bits per heavy atom. The zero-order chi connectivity index (χ0) is 24.3. The number of hydrogen-bond donors (Lipinski definition) is 1. The van der Waals surface area contributed by atoms with Crippen LogP contribution in [-0.4, -0.2) is 43.2 Å². The molecule has 1 unspecified atom stereocenters. The van der Waals surface area contributed by atoms with E-state index in [0.717, 1.165) is 44.8 Å². The molecule has 0 spiro atoms. The first-order valence-electron chi connectivity index (χ1n) is 11.6. The Morgan fingerprint density at radius 3 is 2.63 bits per heavy atom. The van der Waals surface area contributed by atoms with Gasteiger partial charge in [-0.2, -0.15) is 0 Å². The number of pyridine rings is 1. The summed E-state index contributed by atoms with van der Waals surface area (Å²) in [4.78, 5) is 47.8. The average Bonchev–Trinajstić information content (AvgIpc) is 3.38. The third-order valence-corrected chi connectivity index (χ3v) is 6.78. The van der Waals surface area contributed by atoms with Crippen LogP contribution in [0.25, 0.3) is 33.5 Å². The zero-order valence-corrected chi connectivity index (χ0v) is 19.4. The summed E-state index contributed by atoms with van der Waals surface area (Å²) in [6.07, 6.45) is 2.56. The van der Waals surface area contributed by atoms with Crippen molar-refractivity contribution in [1.29, 1.82) is 0 Å². The molecule has 1 fully saturated rings. The number of aromatic nitrogens is 3. The first-order valence-corrected chi connectivity index (χ1v) is 11.6. The van der Waals surface area contributed by atoms with Gasteiger partial charge in [-0.1, -0.05) is 12.1 Å². The number of fused-ring (bicyclic) bond motifs is 2. The molecule has 2 aliphatic heterocycles. The normalized spacial score (nSPS) is 17.7. The van der Waals surface area contributed by atoms with Crippen LogP contribution < -0.4 is 5.32 Å². The van der Waals surface area contributed by atoms with E-state index < -0.39 is 11.9 Å². The lowest BCUT2D eigenvalue weighted by molar-refractivity contribution is -0.136. The summed E-state index contributed by atoms with van der Waals surface area (Å²) >= 11 is 0. The number of nitrogens with one attached hydrogen (secondary N) is 1. The minimum Gasteiger partial charge on any atom is -0.333 e. The fourth-order valence-electron chi connectivity index (χ4n) is 4.97. The topological polar surface area (TPSA) is 97.2 Å². The molecule has 2 aliphatic rings. The summed E-state index contributed by atoms with van der Waals surface area (Å²) in [5, 5.41) is 3.40. The van der Waals surface area contributed by atoms with Crippen LogP contribution in [0.5, 0.6) is 0 Å². The van der Waals surface area contributed by atoms with Crippen molar-refractivity contribution in [1.82, 2.24) is 24.8 Å². The van der Waals surface area contributed by atoms with Gasteiger partial charge in [0.1, 0.15) is 11.9 Å². The monoisotopic (exact) mass is 465 g/mol. The largest absolute Gasteiger partial charge is 0.333 e. The highest BCUT2D eigenvalue weighted by atomic mass is 16.2. The molecule has 3 amide bonds. The lowest BCUT2D eigenvalue weighted by Crippen LogP contribution is -2.52. The number of piperidine rings is 1. The third kappa shape index (κ3) is 3.58. The van der Waals surface area contributed by atoms with Gasteiger partial charge in [0.15, 0.2) is 0 Å². The van der Waals surface area contributed by atoms with Crippen molar-refractivity contribution in [2.75, 3.05) is 0 Å². The molecule has 0 bridgehead atoms. The van der Waals surface area contributed by atoms with Crippen molar-refractivity contribution in [3.05, 3.63) is 71.5 Å². The van der Waals surface area contributed by atoms with E-state index in [1.807, 2.05) is 55.1 Å². The summed E-state index contributed by atoms with van der Waals surface area (Å²) in [7, 11) is 1.96. The fourth-order valence-corrected chi connectivity index (χ4v) is 4.97. The predicted octanol–water partition coefficient (Wildman–Crippen LogP) is 3.37. The number of imidazole rings is 1. The second-order valence-electron chi connectivity index (χ2n) is 9.19. The summed E-state index contributed by atoms with van der Waals surface area (Å²) in [6, 6.07) is 15.2. The summed E-state index contributed by atoms with van der Waals surface area (Å²) in [6.45, 7) is 2.32. The Bertz CT molecular complexity index is 1550. The van der Waals surface area contributed by atoms with Gasteiger partial charge in [-0.15, -0.1) is 0 Å². The molecular weight excluding hydrogens is 442 g/mol. The van der Waals surface area contributed by atoms with Crippen LogP contribution in [0.4, 0.5) is 0 Å². The maximum atomic E-state index is 13.0. The number of amides is 3. The van der Waals surface area contributed by atoms with E-state index in [-0.39, 0.29) is 18.2 Å². The van der Waals surface area contributed by atoms with Crippen LogP contribution >= 0.6 is 0 Å². The quantitative estimate of drug-likeness (QED) is 0.468. The molecule has 8 nitrogen and oxygen atoms in total. The summed E-state index contributed by atoms with van der Waals surface area (Å²) < 4.78 is 1.99. The SMILES string of the molecule is Cc1ccc2cc(-c3nc(-c4ccc5c(c4)CN(C4CCC(=O)NC4=O)C5=O)cn3C)ccc2n1. The van der Waals surface area contributed by atoms with E-state index in [4.69, 9.17) is 4.98 Å². The van der Waals surface area contributed by atoms with E-state index in [1.54, 1.807) is 11.0 Å². The van der Waals surface area contributed by atoms with Crippen molar-refractivity contribution in [3.8, 4) is 22.6 Å². The fraction of sp³-hybridized carbons (Fsp3) is 0.222. The number of hydrogen-bond acceptors (Lipinski definition) is 5. The maximum absolute atomic E-state index is 13.0. The van der Waals surface area contributed by atoms with Crippen molar-refractivity contribution < 1.29 is 14.4 Å². The van der Waals surface area contributed by atoms with E-state index in [2.05, 4.69) is 22.4 Å². The predicted molar refractivity (Wildman–Crippen MR) is 130 cm³/mol. The molecule has 2 aromatic heterocycles. The van der Waals surface area contributed by atoms with Gasteiger partial charge in [0, 0.05) is 54.0 Å². The average molecular weight is 466 g/mol. The highest BCUT2D eigenvalue weighted by Crippen LogP contribution is 2.32. The van der Waals surface area contributed by atoms with E-state index in [1.165, 1.54) is 0 Å². The van der Waals surface area contributed by atoms with E-state index in [9.17, 15) is 14.4 Å². The molecule has 1 N–H and O–H groups in total. The number of aryl methyl sites for hydroxylation is 2. The van der Waals surface area contributed by atoms with E-state index >= 15 is 0 Å². The van der Waals surface area contributed by atoms with Crippen LogP contribution in [0.15, 0.2) is 54.7 Å². The lowest BCUT2D eigenvalue weighted by Gasteiger charge is -2.29. The molecule has 0 aliphatic carbocycles. The van der Waals surface area contributed by atoms with Gasteiger partial charge in [0.25, 0.3) is 5.91 Å². The number of benzene rings is 2. The standard InChI is InChI=1S/C27H23N5O3/c1-15-3-4-16-11-18(6-8-21(16)28-15)25-29-22(14-31(25)2)17-5-7-20-19(12-17)13-32(27(20)35)23-9-10-24(33)30-26(23)34/h3-8,11-12,14,23H,9-10,13H2,1-2H3,(H,30,33,34).